The van der Waals surface area contributed by atoms with E-state index in [9.17, 15) is 9.59 Å². The summed E-state index contributed by atoms with van der Waals surface area (Å²) >= 11 is 1.22. The number of nitrogens with zero attached hydrogens (tertiary/aromatic N) is 1. The lowest BCUT2D eigenvalue weighted by Gasteiger charge is -2.07. The van der Waals surface area contributed by atoms with Crippen LogP contribution in [0, 0.1) is 13.8 Å². The molecule has 106 valence electrons. The number of aromatic amines is 1. The Morgan fingerprint density at radius 3 is 2.81 bits per heavy atom. The number of hydrogen-bond acceptors (Lipinski definition) is 4. The van der Waals surface area contributed by atoms with Gasteiger partial charge in [-0.05, 0) is 37.0 Å². The van der Waals surface area contributed by atoms with Gasteiger partial charge < -0.3 is 10.3 Å². The van der Waals surface area contributed by atoms with Gasteiger partial charge in [-0.2, -0.15) is 4.37 Å². The van der Waals surface area contributed by atoms with Gasteiger partial charge in [-0.25, -0.2) is 0 Å². The predicted molar refractivity (Wildman–Crippen MR) is 84.1 cm³/mol. The molecule has 1 aromatic carbocycles. The molecule has 0 aliphatic heterocycles. The van der Waals surface area contributed by atoms with Gasteiger partial charge in [0.05, 0.1) is 11.1 Å². The number of carbonyl (C=O) groups is 1. The van der Waals surface area contributed by atoms with Crippen LogP contribution in [0.3, 0.4) is 0 Å². The van der Waals surface area contributed by atoms with E-state index in [2.05, 4.69) is 14.7 Å². The normalized spacial score (nSPS) is 10.8. The van der Waals surface area contributed by atoms with Crippen LogP contribution in [0.4, 0.5) is 5.69 Å². The quantitative estimate of drug-likeness (QED) is 0.764. The highest BCUT2D eigenvalue weighted by Gasteiger charge is 2.16. The molecule has 0 unspecified atom stereocenters. The summed E-state index contributed by atoms with van der Waals surface area (Å²) in [4.78, 5) is 28.4. The van der Waals surface area contributed by atoms with E-state index < -0.39 is 5.91 Å². The molecule has 0 radical (unpaired) electrons. The summed E-state index contributed by atoms with van der Waals surface area (Å²) in [7, 11) is 0. The lowest BCUT2D eigenvalue weighted by atomic mass is 10.1. The SMILES string of the molecule is Cc1ccccc1NC(=O)c1c[nH]c2snc(C)c2c1=O. The van der Waals surface area contributed by atoms with Crippen LogP contribution in [-0.2, 0) is 0 Å². The second-order valence-corrected chi connectivity index (χ2v) is 5.55. The second kappa shape index (κ2) is 5.14. The Morgan fingerprint density at radius 1 is 1.29 bits per heavy atom. The fourth-order valence-corrected chi connectivity index (χ4v) is 2.91. The summed E-state index contributed by atoms with van der Waals surface area (Å²) in [5.41, 5.74) is 2.08. The van der Waals surface area contributed by atoms with Gasteiger partial charge in [-0.1, -0.05) is 18.2 Å². The first-order chi connectivity index (χ1) is 10.1. The van der Waals surface area contributed by atoms with E-state index in [1.165, 1.54) is 17.7 Å². The molecule has 0 aliphatic carbocycles. The van der Waals surface area contributed by atoms with E-state index in [1.54, 1.807) is 13.0 Å². The zero-order valence-corrected chi connectivity index (χ0v) is 12.4. The number of amides is 1. The Kier molecular flexibility index (Phi) is 3.31. The van der Waals surface area contributed by atoms with Crippen molar-refractivity contribution in [3.8, 4) is 0 Å². The van der Waals surface area contributed by atoms with Crippen molar-refractivity contribution in [3.63, 3.8) is 0 Å². The highest BCUT2D eigenvalue weighted by molar-refractivity contribution is 7.12. The number of nitrogens with one attached hydrogen (secondary N) is 2. The number of aromatic nitrogens is 2. The Balaban J connectivity index is 2.03. The molecule has 0 saturated heterocycles. The predicted octanol–water partition coefficient (Wildman–Crippen LogP) is 2.85. The van der Waals surface area contributed by atoms with E-state index in [1.807, 2.05) is 25.1 Å². The Bertz CT molecular complexity index is 895. The van der Waals surface area contributed by atoms with Crippen LogP contribution in [0.15, 0.2) is 35.3 Å². The molecule has 0 atom stereocenters. The number of pyridine rings is 1. The molecule has 6 heteroatoms. The summed E-state index contributed by atoms with van der Waals surface area (Å²) in [6.45, 7) is 3.66. The Hall–Kier alpha value is -2.47. The molecule has 0 fully saturated rings. The first-order valence-electron chi connectivity index (χ1n) is 6.42. The third-order valence-corrected chi connectivity index (χ3v) is 4.19. The number of H-pyrrole nitrogens is 1. The van der Waals surface area contributed by atoms with Gasteiger partial charge in [-0.3, -0.25) is 9.59 Å². The number of benzene rings is 1. The third-order valence-electron chi connectivity index (χ3n) is 3.32. The van der Waals surface area contributed by atoms with E-state index in [0.717, 1.165) is 5.56 Å². The monoisotopic (exact) mass is 299 g/mol. The summed E-state index contributed by atoms with van der Waals surface area (Å²) in [6, 6.07) is 7.43. The summed E-state index contributed by atoms with van der Waals surface area (Å²) in [6.07, 6.45) is 1.44. The van der Waals surface area contributed by atoms with Crippen LogP contribution < -0.4 is 10.7 Å². The molecular weight excluding hydrogens is 286 g/mol. The minimum atomic E-state index is -0.418. The summed E-state index contributed by atoms with van der Waals surface area (Å²) in [5, 5.41) is 3.25. The van der Waals surface area contributed by atoms with Crippen molar-refractivity contribution >= 4 is 33.3 Å². The zero-order valence-electron chi connectivity index (χ0n) is 11.6. The molecule has 0 saturated carbocycles. The molecule has 0 aliphatic rings. The average Bonchev–Trinajstić information content (AvgIpc) is 2.84. The van der Waals surface area contributed by atoms with Crippen LogP contribution in [-0.4, -0.2) is 15.3 Å². The molecule has 2 heterocycles. The fraction of sp³-hybridized carbons (Fsp3) is 0.133. The molecular formula is C15H13N3O2S. The molecule has 0 bridgehead atoms. The number of carbonyl (C=O) groups excluding carboxylic acids is 1. The number of hydrogen-bond donors (Lipinski definition) is 2. The fourth-order valence-electron chi connectivity index (χ4n) is 2.15. The lowest BCUT2D eigenvalue weighted by Crippen LogP contribution is -2.22. The van der Waals surface area contributed by atoms with E-state index in [4.69, 9.17) is 0 Å². The zero-order chi connectivity index (χ0) is 15.0. The number of fused-ring (bicyclic) bond motifs is 1. The van der Waals surface area contributed by atoms with Gasteiger partial charge in [0.15, 0.2) is 0 Å². The van der Waals surface area contributed by atoms with E-state index in [0.29, 0.717) is 21.6 Å². The number of para-hydroxylation sites is 1. The van der Waals surface area contributed by atoms with Crippen LogP contribution in [0.25, 0.3) is 10.2 Å². The van der Waals surface area contributed by atoms with Gasteiger partial charge in [0.1, 0.15) is 10.4 Å². The smallest absolute Gasteiger partial charge is 0.261 e. The van der Waals surface area contributed by atoms with Gasteiger partial charge in [0.25, 0.3) is 5.91 Å². The molecule has 2 aromatic heterocycles. The first kappa shape index (κ1) is 13.5. The molecule has 3 aromatic rings. The molecule has 5 nitrogen and oxygen atoms in total. The first-order valence-corrected chi connectivity index (χ1v) is 7.20. The number of aryl methyl sites for hydroxylation is 2. The molecule has 21 heavy (non-hydrogen) atoms. The third kappa shape index (κ3) is 2.34. The van der Waals surface area contributed by atoms with Gasteiger partial charge in [-0.15, -0.1) is 0 Å². The molecule has 3 rings (SSSR count). The topological polar surface area (TPSA) is 74.8 Å². The summed E-state index contributed by atoms with van der Waals surface area (Å²) in [5.74, 6) is -0.418. The van der Waals surface area contributed by atoms with Crippen LogP contribution in [0.1, 0.15) is 21.6 Å². The minimum Gasteiger partial charge on any atom is -0.351 e. The van der Waals surface area contributed by atoms with Gasteiger partial charge in [0, 0.05) is 11.9 Å². The van der Waals surface area contributed by atoms with Crippen molar-refractivity contribution in [2.45, 2.75) is 13.8 Å². The largest absolute Gasteiger partial charge is 0.351 e. The molecule has 2 N–H and O–H groups in total. The van der Waals surface area contributed by atoms with Crippen LogP contribution in [0.5, 0.6) is 0 Å². The van der Waals surface area contributed by atoms with Crippen molar-refractivity contribution in [1.82, 2.24) is 9.36 Å². The maximum Gasteiger partial charge on any atom is 0.261 e. The molecule has 1 amide bonds. The van der Waals surface area contributed by atoms with Crippen molar-refractivity contribution in [1.29, 1.82) is 0 Å². The maximum atomic E-state index is 12.4. The van der Waals surface area contributed by atoms with Gasteiger partial charge >= 0.3 is 0 Å². The number of rotatable bonds is 2. The van der Waals surface area contributed by atoms with Crippen molar-refractivity contribution in [2.24, 2.45) is 0 Å². The van der Waals surface area contributed by atoms with Crippen molar-refractivity contribution in [2.75, 3.05) is 5.32 Å². The maximum absolute atomic E-state index is 12.4. The minimum absolute atomic E-state index is 0.0917. The van der Waals surface area contributed by atoms with Crippen molar-refractivity contribution < 1.29 is 4.79 Å². The number of anilines is 1. The van der Waals surface area contributed by atoms with Crippen LogP contribution >= 0.6 is 11.5 Å². The lowest BCUT2D eigenvalue weighted by molar-refractivity contribution is 0.102. The van der Waals surface area contributed by atoms with E-state index >= 15 is 0 Å². The van der Waals surface area contributed by atoms with Gasteiger partial charge in [0.2, 0.25) is 5.43 Å². The Morgan fingerprint density at radius 2 is 2.05 bits per heavy atom. The second-order valence-electron chi connectivity index (χ2n) is 4.77. The summed E-state index contributed by atoms with van der Waals surface area (Å²) < 4.78 is 4.13. The highest BCUT2D eigenvalue weighted by Crippen LogP contribution is 2.18. The Labute approximate surface area is 124 Å². The van der Waals surface area contributed by atoms with Crippen LogP contribution in [0.2, 0.25) is 0 Å². The highest BCUT2D eigenvalue weighted by atomic mass is 32.1. The molecule has 0 spiro atoms. The van der Waals surface area contributed by atoms with E-state index in [-0.39, 0.29) is 11.0 Å². The van der Waals surface area contributed by atoms with Crippen molar-refractivity contribution in [3.05, 3.63) is 57.5 Å². The standard InChI is InChI=1S/C15H13N3O2S/c1-8-5-3-4-6-11(8)17-14(20)10-7-16-15-12(13(10)19)9(2)18-21-15/h3-7H,1-2H3,(H,16,19)(H,17,20). The average molecular weight is 299 g/mol.